The van der Waals surface area contributed by atoms with Crippen LogP contribution in [0.25, 0.3) is 11.1 Å². The minimum absolute atomic E-state index is 0.0312. The number of halogens is 2. The Kier molecular flexibility index (Phi) is 17.5. The minimum Gasteiger partial charge on any atom is -0.387 e. The Balaban J connectivity index is 1.55. The molecule has 0 aliphatic carbocycles. The van der Waals surface area contributed by atoms with Crippen LogP contribution in [0.4, 0.5) is 8.78 Å². The average molecular weight is 920 g/mol. The molecule has 0 spiro atoms. The molecule has 0 radical (unpaired) electrons. The number of carbonyl (C=O) groups is 9. The molecule has 8 N–H and O–H groups in total. The Labute approximate surface area is 379 Å². The number of hydrogen-bond acceptors (Lipinski definition) is 10. The second-order valence-corrected chi connectivity index (χ2v) is 16.7. The minimum atomic E-state index is -1.68. The standard InChI is InChI=1S/C45H55F2N9O10/c1-25(50-36(59)23-56-37(60)14-15-38(56)61)41(63)51-26(2)42(64)53-33(20-35(48)58)44(66)52-32(43(65)49-6)16-17-55(39(62)24-57)40(45(3,4)5)34-18-28(30-19-29(46)12-13-31(30)47)22-54(34)21-27-10-8-7-9-11-27/h7-15,18-19,22,25-26,32-33,40,57H,16-17,20-21,23-24H2,1-6H3,(H2,48,58)(H,49,65)(H,50,59)(H,51,63)(H,52,66)(H,53,64)/t25-,26-,32-,33-,40-/m0/s1. The second kappa shape index (κ2) is 22.6. The highest BCUT2D eigenvalue weighted by atomic mass is 19.1. The van der Waals surface area contributed by atoms with Gasteiger partial charge in [-0.2, -0.15) is 0 Å². The number of amides is 9. The van der Waals surface area contributed by atoms with E-state index >= 15 is 4.39 Å². The Hall–Kier alpha value is -7.29. The van der Waals surface area contributed by atoms with Crippen LogP contribution in [-0.4, -0.2) is 124 Å². The molecular weight excluding hydrogens is 865 g/mol. The van der Waals surface area contributed by atoms with Crippen molar-refractivity contribution in [2.75, 3.05) is 26.7 Å². The molecule has 4 rings (SSSR count). The average Bonchev–Trinajstić information content (AvgIpc) is 3.81. The Morgan fingerprint density at radius 2 is 1.41 bits per heavy atom. The molecule has 0 bridgehead atoms. The lowest BCUT2D eigenvalue weighted by atomic mass is 9.82. The van der Waals surface area contributed by atoms with E-state index in [4.69, 9.17) is 5.73 Å². The summed E-state index contributed by atoms with van der Waals surface area (Å²) >= 11 is 0. The van der Waals surface area contributed by atoms with Crippen LogP contribution in [0, 0.1) is 17.0 Å². The maximum Gasteiger partial charge on any atom is 0.254 e. The highest BCUT2D eigenvalue weighted by Gasteiger charge is 2.38. The summed E-state index contributed by atoms with van der Waals surface area (Å²) in [5.74, 6) is -9.01. The van der Waals surface area contributed by atoms with E-state index in [1.807, 2.05) is 51.1 Å². The number of likely N-dealkylation sites (N-methyl/N-ethyl adjacent to an activating group) is 1. The molecule has 0 saturated heterocycles. The van der Waals surface area contributed by atoms with Crippen LogP contribution in [0.15, 0.2) is 72.9 Å². The molecule has 9 amide bonds. The van der Waals surface area contributed by atoms with E-state index in [9.17, 15) is 52.6 Å². The number of nitrogens with two attached hydrogens (primary N) is 1. The summed E-state index contributed by atoms with van der Waals surface area (Å²) in [6.45, 7) is 6.35. The van der Waals surface area contributed by atoms with Gasteiger partial charge in [0.15, 0.2) is 0 Å². The predicted molar refractivity (Wildman–Crippen MR) is 234 cm³/mol. The van der Waals surface area contributed by atoms with Gasteiger partial charge in [0.05, 0.1) is 12.5 Å². The summed E-state index contributed by atoms with van der Waals surface area (Å²) in [6, 6.07) is 7.30. The molecule has 5 atom stereocenters. The van der Waals surface area contributed by atoms with Gasteiger partial charge in [-0.15, -0.1) is 0 Å². The summed E-state index contributed by atoms with van der Waals surface area (Å²) in [5, 5.41) is 22.2. The summed E-state index contributed by atoms with van der Waals surface area (Å²) < 4.78 is 31.4. The van der Waals surface area contributed by atoms with Gasteiger partial charge in [-0.25, -0.2) is 8.78 Å². The van der Waals surface area contributed by atoms with Crippen molar-refractivity contribution in [1.82, 2.24) is 41.0 Å². The van der Waals surface area contributed by atoms with Crippen LogP contribution in [0.5, 0.6) is 0 Å². The number of benzene rings is 2. The van der Waals surface area contributed by atoms with Gasteiger partial charge < -0.3 is 46.9 Å². The third kappa shape index (κ3) is 13.6. The Morgan fingerprint density at radius 1 is 0.803 bits per heavy atom. The van der Waals surface area contributed by atoms with Crippen LogP contribution < -0.4 is 32.3 Å². The highest BCUT2D eigenvalue weighted by Crippen LogP contribution is 2.41. The van der Waals surface area contributed by atoms with E-state index in [1.165, 1.54) is 25.8 Å². The number of imide groups is 1. The Bertz CT molecular complexity index is 2350. The van der Waals surface area contributed by atoms with E-state index in [0.717, 1.165) is 35.9 Å². The number of aliphatic hydroxyl groups excluding tert-OH is 1. The number of nitrogens with zero attached hydrogens (tertiary/aromatic N) is 3. The summed E-state index contributed by atoms with van der Waals surface area (Å²) in [7, 11) is 1.29. The second-order valence-electron chi connectivity index (χ2n) is 16.7. The SMILES string of the molecule is CNC(=O)[C@H](CCN(C(=O)CO)[C@@H](c1cc(-c2cc(F)ccc2F)cn1Cc1ccccc1)C(C)(C)C)NC(=O)[C@H](CC(N)=O)NC(=O)[C@H](C)NC(=O)[C@H](C)NC(=O)CN1C(=O)C=CC1=O. The van der Waals surface area contributed by atoms with Crippen LogP contribution in [0.2, 0.25) is 0 Å². The first-order chi connectivity index (χ1) is 31.0. The van der Waals surface area contributed by atoms with Gasteiger partial charge in [0.2, 0.25) is 41.4 Å². The van der Waals surface area contributed by atoms with Crippen LogP contribution >= 0.6 is 0 Å². The molecule has 354 valence electrons. The molecule has 1 aromatic heterocycles. The van der Waals surface area contributed by atoms with E-state index in [-0.39, 0.29) is 25.1 Å². The zero-order valence-electron chi connectivity index (χ0n) is 37.4. The molecule has 0 fully saturated rings. The Morgan fingerprint density at radius 3 is 2.00 bits per heavy atom. The molecular formula is C45H55F2N9O10. The molecule has 2 heterocycles. The van der Waals surface area contributed by atoms with Crippen molar-refractivity contribution in [2.45, 2.75) is 84.2 Å². The van der Waals surface area contributed by atoms with Gasteiger partial charge in [-0.05, 0) is 55.5 Å². The first-order valence-corrected chi connectivity index (χ1v) is 20.9. The van der Waals surface area contributed by atoms with Gasteiger partial charge in [-0.1, -0.05) is 51.1 Å². The largest absolute Gasteiger partial charge is 0.387 e. The van der Waals surface area contributed by atoms with Crippen molar-refractivity contribution in [2.24, 2.45) is 11.1 Å². The molecule has 0 saturated carbocycles. The third-order valence-corrected chi connectivity index (χ3v) is 10.5. The number of carbonyl (C=O) groups excluding carboxylic acids is 9. The highest BCUT2D eigenvalue weighted by molar-refractivity contribution is 6.14. The van der Waals surface area contributed by atoms with Gasteiger partial charge in [0.25, 0.3) is 11.8 Å². The number of primary amides is 1. The molecule has 0 unspecified atom stereocenters. The summed E-state index contributed by atoms with van der Waals surface area (Å²) in [4.78, 5) is 117. The van der Waals surface area contributed by atoms with Crippen molar-refractivity contribution in [3.63, 3.8) is 0 Å². The van der Waals surface area contributed by atoms with Crippen molar-refractivity contribution in [3.05, 3.63) is 95.8 Å². The van der Waals surface area contributed by atoms with Crippen molar-refractivity contribution >= 4 is 53.2 Å². The van der Waals surface area contributed by atoms with E-state index in [0.29, 0.717) is 16.2 Å². The smallest absolute Gasteiger partial charge is 0.254 e. The molecule has 19 nitrogen and oxygen atoms in total. The fraction of sp³-hybridized carbons (Fsp3) is 0.400. The fourth-order valence-electron chi connectivity index (χ4n) is 7.28. The van der Waals surface area contributed by atoms with Crippen molar-refractivity contribution in [1.29, 1.82) is 0 Å². The fourth-order valence-corrected chi connectivity index (χ4v) is 7.28. The van der Waals surface area contributed by atoms with E-state index < -0.39 is 120 Å². The zero-order chi connectivity index (χ0) is 49.0. The topological polar surface area (TPSA) is 271 Å². The summed E-state index contributed by atoms with van der Waals surface area (Å²) in [5.41, 5.74) is 6.19. The number of aliphatic hydroxyl groups is 1. The molecule has 3 aromatic rings. The lowest BCUT2D eigenvalue weighted by molar-refractivity contribution is -0.141. The zero-order valence-corrected chi connectivity index (χ0v) is 37.4. The summed E-state index contributed by atoms with van der Waals surface area (Å²) in [6.07, 6.45) is 2.58. The molecule has 2 aromatic carbocycles. The van der Waals surface area contributed by atoms with Crippen LogP contribution in [-0.2, 0) is 49.7 Å². The van der Waals surface area contributed by atoms with Crippen LogP contribution in [0.1, 0.15) is 64.8 Å². The number of rotatable bonds is 21. The van der Waals surface area contributed by atoms with E-state index in [2.05, 4.69) is 26.6 Å². The maximum absolute atomic E-state index is 15.2. The van der Waals surface area contributed by atoms with Crippen LogP contribution in [0.3, 0.4) is 0 Å². The number of hydrogen-bond donors (Lipinski definition) is 7. The van der Waals surface area contributed by atoms with Crippen molar-refractivity contribution in [3.8, 4) is 11.1 Å². The normalized spacial score (nSPS) is 14.7. The molecule has 21 heteroatoms. The van der Waals surface area contributed by atoms with Gasteiger partial charge in [0, 0.05) is 55.3 Å². The monoisotopic (exact) mass is 919 g/mol. The van der Waals surface area contributed by atoms with Gasteiger partial charge in [-0.3, -0.25) is 48.1 Å². The van der Waals surface area contributed by atoms with E-state index in [1.54, 1.807) is 16.8 Å². The number of aromatic nitrogens is 1. The third-order valence-electron chi connectivity index (χ3n) is 10.5. The lowest BCUT2D eigenvalue weighted by Gasteiger charge is -2.41. The maximum atomic E-state index is 15.2. The first-order valence-electron chi connectivity index (χ1n) is 20.9. The number of nitrogens with one attached hydrogen (secondary N) is 5. The quantitative estimate of drug-likeness (QED) is 0.0719. The predicted octanol–water partition coefficient (Wildman–Crippen LogP) is 0.305. The molecule has 1 aliphatic heterocycles. The molecule has 66 heavy (non-hydrogen) atoms. The lowest BCUT2D eigenvalue weighted by Crippen LogP contribution is -2.58. The van der Waals surface area contributed by atoms with Gasteiger partial charge >= 0.3 is 0 Å². The molecule has 1 aliphatic rings. The first kappa shape index (κ1) is 51.3. The van der Waals surface area contributed by atoms with Gasteiger partial charge in [0.1, 0.15) is 49.0 Å². The van der Waals surface area contributed by atoms with Crippen molar-refractivity contribution < 1.29 is 57.0 Å².